The number of aliphatic imine (C=N–C) groups is 1. The molecule has 0 saturated heterocycles. The maximum absolute atomic E-state index is 12.7. The highest BCUT2D eigenvalue weighted by Gasteiger charge is 2.17. The summed E-state index contributed by atoms with van der Waals surface area (Å²) in [6.07, 6.45) is 7.59. The number of carbonyl (C=O) groups is 1. The minimum Gasteiger partial charge on any atom is -0.331 e. The molecule has 33 heavy (non-hydrogen) atoms. The van der Waals surface area contributed by atoms with Crippen LogP contribution >= 0.6 is 11.8 Å². The topological polar surface area (TPSA) is 62.5 Å². The number of unbranched alkanes of at least 4 members (excludes halogenated alkanes) is 1. The lowest BCUT2D eigenvalue weighted by Crippen LogP contribution is -2.29. The van der Waals surface area contributed by atoms with Crippen LogP contribution in [0.4, 0.5) is 0 Å². The Morgan fingerprint density at radius 2 is 1.94 bits per heavy atom. The first-order chi connectivity index (χ1) is 16.3. The van der Waals surface area contributed by atoms with Gasteiger partial charge in [-0.15, -0.1) is 0 Å². The third-order valence-electron chi connectivity index (χ3n) is 6.26. The van der Waals surface area contributed by atoms with Crippen molar-refractivity contribution in [2.45, 2.75) is 25.8 Å². The quantitative estimate of drug-likeness (QED) is 0.531. The van der Waals surface area contributed by atoms with E-state index in [1.54, 1.807) is 11.8 Å². The van der Waals surface area contributed by atoms with E-state index >= 15 is 0 Å². The number of amides is 1. The Hall–Kier alpha value is -2.90. The number of nitrogens with zero attached hydrogens (tertiary/aromatic N) is 4. The normalized spacial score (nSPS) is 16.6. The van der Waals surface area contributed by atoms with E-state index in [9.17, 15) is 4.79 Å². The molecule has 2 aromatic carbocycles. The van der Waals surface area contributed by atoms with Crippen LogP contribution in [-0.4, -0.2) is 57.5 Å². The number of rotatable bonds is 7. The van der Waals surface area contributed by atoms with Crippen LogP contribution < -0.4 is 5.32 Å². The van der Waals surface area contributed by atoms with Gasteiger partial charge < -0.3 is 9.88 Å². The molecule has 1 amide bonds. The number of carbonyl (C=O) groups excluding carboxylic acids is 1. The first kappa shape index (κ1) is 21.9. The average Bonchev–Trinajstić information content (AvgIpc) is 3.52. The summed E-state index contributed by atoms with van der Waals surface area (Å²) in [4.78, 5) is 24.1. The van der Waals surface area contributed by atoms with Crippen molar-refractivity contribution in [3.05, 3.63) is 72.1 Å². The Balaban J connectivity index is 1.13. The van der Waals surface area contributed by atoms with Crippen molar-refractivity contribution < 1.29 is 4.79 Å². The molecule has 2 aliphatic rings. The molecule has 1 N–H and O–H groups in total. The van der Waals surface area contributed by atoms with Gasteiger partial charge in [-0.05, 0) is 49.1 Å². The predicted octanol–water partition coefficient (Wildman–Crippen LogP) is 4.44. The molecule has 0 bridgehead atoms. The van der Waals surface area contributed by atoms with Crippen molar-refractivity contribution in [1.29, 1.82) is 0 Å². The fourth-order valence-corrected chi connectivity index (χ4v) is 5.19. The monoisotopic (exact) mass is 459 g/mol. The molecule has 1 aromatic heterocycles. The molecular weight excluding hydrogens is 430 g/mol. The van der Waals surface area contributed by atoms with Crippen LogP contribution in [0.3, 0.4) is 0 Å². The van der Waals surface area contributed by atoms with Gasteiger partial charge in [0.1, 0.15) is 5.52 Å². The number of hydrogen-bond donors (Lipinski definition) is 1. The zero-order chi connectivity index (χ0) is 22.5. The van der Waals surface area contributed by atoms with E-state index in [2.05, 4.69) is 61.2 Å². The third kappa shape index (κ3) is 5.20. The van der Waals surface area contributed by atoms with Crippen LogP contribution in [0.15, 0.2) is 65.9 Å². The number of aryl methyl sites for hydroxylation is 1. The molecule has 3 aromatic rings. The van der Waals surface area contributed by atoms with Crippen molar-refractivity contribution >= 4 is 39.4 Å². The minimum atomic E-state index is -0.132. The number of benzene rings is 2. The molecule has 0 atom stereocenters. The average molecular weight is 460 g/mol. The first-order valence-electron chi connectivity index (χ1n) is 11.7. The van der Waals surface area contributed by atoms with Gasteiger partial charge in [0.05, 0.1) is 24.0 Å². The highest BCUT2D eigenvalue weighted by atomic mass is 32.2. The Labute approximate surface area is 198 Å². The molecule has 2 aliphatic heterocycles. The molecule has 0 unspecified atom stereocenters. The van der Waals surface area contributed by atoms with E-state index in [0.29, 0.717) is 10.7 Å². The summed E-state index contributed by atoms with van der Waals surface area (Å²) in [5, 5.41) is 3.62. The summed E-state index contributed by atoms with van der Waals surface area (Å²) in [6, 6.07) is 16.5. The van der Waals surface area contributed by atoms with Crippen LogP contribution in [0.1, 0.15) is 35.2 Å². The minimum absolute atomic E-state index is 0.132. The second-order valence-corrected chi connectivity index (χ2v) is 9.54. The highest BCUT2D eigenvalue weighted by molar-refractivity contribution is 8.14. The summed E-state index contributed by atoms with van der Waals surface area (Å²) in [5.74, 6) is 0.795. The number of para-hydroxylation sites is 1. The van der Waals surface area contributed by atoms with Crippen molar-refractivity contribution in [2.24, 2.45) is 4.99 Å². The molecule has 6 nitrogen and oxygen atoms in total. The van der Waals surface area contributed by atoms with E-state index in [1.807, 2.05) is 24.5 Å². The Bertz CT molecular complexity index is 1180. The van der Waals surface area contributed by atoms with Crippen LogP contribution in [0.25, 0.3) is 16.6 Å². The number of aromatic nitrogens is 2. The van der Waals surface area contributed by atoms with E-state index in [1.165, 1.54) is 11.1 Å². The van der Waals surface area contributed by atoms with E-state index < -0.39 is 0 Å². The zero-order valence-electron chi connectivity index (χ0n) is 18.7. The fourth-order valence-electron chi connectivity index (χ4n) is 4.47. The van der Waals surface area contributed by atoms with Gasteiger partial charge in [-0.25, -0.2) is 4.98 Å². The number of amidine groups is 1. The van der Waals surface area contributed by atoms with Crippen LogP contribution in [0, 0.1) is 0 Å². The maximum atomic E-state index is 12.7. The molecule has 170 valence electrons. The van der Waals surface area contributed by atoms with Gasteiger partial charge in [0.15, 0.2) is 5.17 Å². The summed E-state index contributed by atoms with van der Waals surface area (Å²) >= 11 is 1.58. The smallest absolute Gasteiger partial charge is 0.259 e. The van der Waals surface area contributed by atoms with Gasteiger partial charge in [-0.3, -0.25) is 14.7 Å². The Morgan fingerprint density at radius 1 is 1.06 bits per heavy atom. The lowest BCUT2D eigenvalue weighted by Gasteiger charge is -2.26. The van der Waals surface area contributed by atoms with Gasteiger partial charge in [-0.1, -0.05) is 54.2 Å². The summed E-state index contributed by atoms with van der Waals surface area (Å²) in [7, 11) is 0. The van der Waals surface area contributed by atoms with Crippen molar-refractivity contribution in [1.82, 2.24) is 19.8 Å². The standard InChI is InChI=1S/C26H29N5OS/c32-25(29-26-27-13-18-33-26)22-9-6-10-23-24(22)28-19-31(23)15-5-4-14-30-16-11-21(12-17-30)20-7-2-1-3-8-20/h1-3,6-11,19H,4-5,12-18H2,(H,27,29,32). The van der Waals surface area contributed by atoms with Gasteiger partial charge >= 0.3 is 0 Å². The first-order valence-corrected chi connectivity index (χ1v) is 12.7. The molecule has 5 rings (SSSR count). The maximum Gasteiger partial charge on any atom is 0.259 e. The Kier molecular flexibility index (Phi) is 6.88. The third-order valence-corrected chi connectivity index (χ3v) is 7.15. The summed E-state index contributed by atoms with van der Waals surface area (Å²) in [6.45, 7) is 4.93. The second-order valence-electron chi connectivity index (χ2n) is 8.45. The van der Waals surface area contributed by atoms with Crippen molar-refractivity contribution in [3.63, 3.8) is 0 Å². The number of hydrogen-bond acceptors (Lipinski definition) is 5. The number of thioether (sulfide) groups is 1. The van der Waals surface area contributed by atoms with E-state index in [-0.39, 0.29) is 5.91 Å². The molecule has 0 saturated carbocycles. The van der Waals surface area contributed by atoms with Gasteiger partial charge in [0.2, 0.25) is 0 Å². The predicted molar refractivity (Wildman–Crippen MR) is 137 cm³/mol. The van der Waals surface area contributed by atoms with Crippen LogP contribution in [-0.2, 0) is 6.54 Å². The van der Waals surface area contributed by atoms with E-state index in [0.717, 1.165) is 68.8 Å². The molecule has 3 heterocycles. The SMILES string of the molecule is O=C(NC1=NCCS1)c1cccc2c1ncn2CCCCN1CC=C(c2ccccc2)CC1. The lowest BCUT2D eigenvalue weighted by atomic mass is 9.99. The van der Waals surface area contributed by atoms with Gasteiger partial charge in [0, 0.05) is 25.4 Å². The molecule has 7 heteroatoms. The number of imidazole rings is 1. The fraction of sp³-hybridized carbons (Fsp3) is 0.346. The summed E-state index contributed by atoms with van der Waals surface area (Å²) in [5.41, 5.74) is 5.20. The molecular formula is C26H29N5OS. The lowest BCUT2D eigenvalue weighted by molar-refractivity contribution is 0.0979. The van der Waals surface area contributed by atoms with Gasteiger partial charge in [-0.2, -0.15) is 0 Å². The molecule has 0 spiro atoms. The van der Waals surface area contributed by atoms with Crippen molar-refractivity contribution in [3.8, 4) is 0 Å². The zero-order valence-corrected chi connectivity index (χ0v) is 19.6. The summed E-state index contributed by atoms with van der Waals surface area (Å²) < 4.78 is 2.16. The largest absolute Gasteiger partial charge is 0.331 e. The number of nitrogens with one attached hydrogen (secondary N) is 1. The van der Waals surface area contributed by atoms with E-state index in [4.69, 9.17) is 0 Å². The van der Waals surface area contributed by atoms with Gasteiger partial charge in [0.25, 0.3) is 5.91 Å². The number of fused-ring (bicyclic) bond motifs is 1. The Morgan fingerprint density at radius 3 is 2.73 bits per heavy atom. The molecule has 0 aliphatic carbocycles. The molecule has 0 fully saturated rings. The second kappa shape index (κ2) is 10.4. The molecule has 0 radical (unpaired) electrons. The van der Waals surface area contributed by atoms with Crippen molar-refractivity contribution in [2.75, 3.05) is 31.9 Å². The van der Waals surface area contributed by atoms with Crippen LogP contribution in [0.5, 0.6) is 0 Å². The van der Waals surface area contributed by atoms with Crippen LogP contribution in [0.2, 0.25) is 0 Å². The highest BCUT2D eigenvalue weighted by Crippen LogP contribution is 2.23.